The van der Waals surface area contributed by atoms with Crippen molar-refractivity contribution in [3.63, 3.8) is 0 Å². The topological polar surface area (TPSA) is 32.5 Å². The average molecular weight is 276 g/mol. The number of thiophene rings is 1. The second kappa shape index (κ2) is 6.71. The van der Waals surface area contributed by atoms with Crippen LogP contribution in [0.5, 0.6) is 0 Å². The minimum atomic E-state index is 0.0943. The number of rotatable bonds is 6. The summed E-state index contributed by atoms with van der Waals surface area (Å²) in [4.78, 5) is 5.72. The van der Waals surface area contributed by atoms with Gasteiger partial charge in [-0.05, 0) is 40.2 Å². The van der Waals surface area contributed by atoms with Crippen molar-refractivity contribution >= 4 is 22.9 Å². The highest BCUT2D eigenvalue weighted by Gasteiger charge is 2.22. The lowest BCUT2D eigenvalue weighted by Crippen LogP contribution is -2.39. The molecule has 1 rings (SSSR count). The molecule has 0 saturated carbocycles. The standard InChI is InChI=1S/C12H22ClN3S/c1-9(14)12(10-5-6-11(13)17-10)16(4)8-7-15(2)3/h5-6,9,12H,7-8,14H2,1-4H3. The summed E-state index contributed by atoms with van der Waals surface area (Å²) in [6.45, 7) is 4.07. The van der Waals surface area contributed by atoms with E-state index >= 15 is 0 Å². The normalized spacial score (nSPS) is 15.5. The van der Waals surface area contributed by atoms with Crippen molar-refractivity contribution in [2.75, 3.05) is 34.2 Å². The maximum Gasteiger partial charge on any atom is 0.0931 e. The molecule has 2 atom stereocenters. The molecule has 2 unspecified atom stereocenters. The van der Waals surface area contributed by atoms with Gasteiger partial charge in [0.2, 0.25) is 0 Å². The molecule has 0 fully saturated rings. The summed E-state index contributed by atoms with van der Waals surface area (Å²) in [7, 11) is 6.28. The molecule has 1 aromatic rings. The summed E-state index contributed by atoms with van der Waals surface area (Å²) in [5.41, 5.74) is 6.09. The summed E-state index contributed by atoms with van der Waals surface area (Å²) in [5, 5.41) is 0. The Morgan fingerprint density at radius 1 is 1.29 bits per heavy atom. The fourth-order valence-electron chi connectivity index (χ4n) is 1.86. The van der Waals surface area contributed by atoms with E-state index in [-0.39, 0.29) is 12.1 Å². The molecule has 0 aromatic carbocycles. The highest BCUT2D eigenvalue weighted by atomic mass is 35.5. The van der Waals surface area contributed by atoms with Gasteiger partial charge in [-0.2, -0.15) is 0 Å². The summed E-state index contributed by atoms with van der Waals surface area (Å²) < 4.78 is 0.826. The number of hydrogen-bond acceptors (Lipinski definition) is 4. The maximum atomic E-state index is 6.09. The minimum absolute atomic E-state index is 0.0943. The molecule has 1 aromatic heterocycles. The number of hydrogen-bond donors (Lipinski definition) is 1. The van der Waals surface area contributed by atoms with Crippen LogP contribution in [0.4, 0.5) is 0 Å². The lowest BCUT2D eigenvalue weighted by Gasteiger charge is -2.31. The van der Waals surface area contributed by atoms with E-state index in [0.29, 0.717) is 0 Å². The number of nitrogens with zero attached hydrogens (tertiary/aromatic N) is 2. The first-order valence-corrected chi connectivity index (χ1v) is 6.97. The number of halogens is 1. The fourth-order valence-corrected chi connectivity index (χ4v) is 3.20. The van der Waals surface area contributed by atoms with Gasteiger partial charge < -0.3 is 10.6 Å². The summed E-state index contributed by atoms with van der Waals surface area (Å²) in [6.07, 6.45) is 0. The van der Waals surface area contributed by atoms with E-state index < -0.39 is 0 Å². The highest BCUT2D eigenvalue weighted by Crippen LogP contribution is 2.31. The second-order valence-electron chi connectivity index (χ2n) is 4.73. The second-order valence-corrected chi connectivity index (χ2v) is 6.48. The third-order valence-electron chi connectivity index (χ3n) is 2.76. The zero-order chi connectivity index (χ0) is 13.0. The maximum absolute atomic E-state index is 6.09. The van der Waals surface area contributed by atoms with E-state index in [1.165, 1.54) is 4.88 Å². The summed E-state index contributed by atoms with van der Waals surface area (Å²) in [6, 6.07) is 4.36. The molecule has 0 aliphatic rings. The van der Waals surface area contributed by atoms with Crippen LogP contribution in [-0.4, -0.2) is 50.1 Å². The van der Waals surface area contributed by atoms with Crippen molar-refractivity contribution in [1.82, 2.24) is 9.80 Å². The zero-order valence-electron chi connectivity index (χ0n) is 11.0. The predicted molar refractivity (Wildman–Crippen MR) is 76.9 cm³/mol. The Bertz CT molecular complexity index is 338. The Kier molecular flexibility index (Phi) is 5.89. The predicted octanol–water partition coefficient (Wildman–Crippen LogP) is 2.28. The lowest BCUT2D eigenvalue weighted by atomic mass is 10.1. The Morgan fingerprint density at radius 3 is 2.35 bits per heavy atom. The van der Waals surface area contributed by atoms with Crippen molar-refractivity contribution in [1.29, 1.82) is 0 Å². The molecule has 0 bridgehead atoms. The minimum Gasteiger partial charge on any atom is -0.326 e. The lowest BCUT2D eigenvalue weighted by molar-refractivity contribution is 0.201. The van der Waals surface area contributed by atoms with Crippen molar-refractivity contribution in [2.24, 2.45) is 5.73 Å². The molecule has 0 radical (unpaired) electrons. The molecule has 17 heavy (non-hydrogen) atoms. The number of nitrogens with two attached hydrogens (primary N) is 1. The molecular formula is C12H22ClN3S. The SMILES string of the molecule is CC(N)C(c1ccc(Cl)s1)N(C)CCN(C)C. The van der Waals surface area contributed by atoms with Gasteiger partial charge in [-0.15, -0.1) is 11.3 Å². The Morgan fingerprint density at radius 2 is 1.94 bits per heavy atom. The molecule has 5 heteroatoms. The first kappa shape index (κ1) is 14.9. The van der Waals surface area contributed by atoms with Gasteiger partial charge in [0.1, 0.15) is 0 Å². The van der Waals surface area contributed by atoms with Crippen LogP contribution in [0.15, 0.2) is 12.1 Å². The van der Waals surface area contributed by atoms with Crippen LogP contribution in [0, 0.1) is 0 Å². The molecule has 1 heterocycles. The van der Waals surface area contributed by atoms with Crippen molar-refractivity contribution in [3.05, 3.63) is 21.3 Å². The first-order chi connectivity index (χ1) is 7.91. The van der Waals surface area contributed by atoms with Crippen molar-refractivity contribution in [2.45, 2.75) is 19.0 Å². The molecule has 0 aliphatic heterocycles. The van der Waals surface area contributed by atoms with Crippen LogP contribution < -0.4 is 5.73 Å². The van der Waals surface area contributed by atoms with Crippen molar-refractivity contribution < 1.29 is 0 Å². The van der Waals surface area contributed by atoms with Crippen LogP contribution in [0.3, 0.4) is 0 Å². The monoisotopic (exact) mass is 275 g/mol. The Labute approximate surface area is 113 Å². The van der Waals surface area contributed by atoms with Gasteiger partial charge in [-0.25, -0.2) is 0 Å². The molecule has 2 N–H and O–H groups in total. The van der Waals surface area contributed by atoms with Gasteiger partial charge in [-0.1, -0.05) is 11.6 Å². The van der Waals surface area contributed by atoms with Gasteiger partial charge in [-0.3, -0.25) is 4.90 Å². The highest BCUT2D eigenvalue weighted by molar-refractivity contribution is 7.16. The van der Waals surface area contributed by atoms with Crippen LogP contribution in [-0.2, 0) is 0 Å². The van der Waals surface area contributed by atoms with E-state index in [0.717, 1.165) is 17.4 Å². The molecule has 0 saturated heterocycles. The first-order valence-electron chi connectivity index (χ1n) is 5.77. The summed E-state index contributed by atoms with van der Waals surface area (Å²) in [5.74, 6) is 0. The Balaban J connectivity index is 2.72. The fraction of sp³-hybridized carbons (Fsp3) is 0.667. The van der Waals surface area contributed by atoms with Crippen molar-refractivity contribution in [3.8, 4) is 0 Å². The number of likely N-dealkylation sites (N-methyl/N-ethyl adjacent to an activating group) is 2. The van der Waals surface area contributed by atoms with Crippen LogP contribution in [0.2, 0.25) is 4.34 Å². The molecule has 0 spiro atoms. The zero-order valence-corrected chi connectivity index (χ0v) is 12.6. The third-order valence-corrected chi connectivity index (χ3v) is 4.06. The largest absolute Gasteiger partial charge is 0.326 e. The smallest absolute Gasteiger partial charge is 0.0931 e. The van der Waals surface area contributed by atoms with E-state index in [2.05, 4.69) is 37.0 Å². The van der Waals surface area contributed by atoms with Crippen LogP contribution >= 0.6 is 22.9 Å². The van der Waals surface area contributed by atoms with E-state index in [9.17, 15) is 0 Å². The molecule has 0 aliphatic carbocycles. The molecule has 3 nitrogen and oxygen atoms in total. The average Bonchev–Trinajstić information content (AvgIpc) is 2.61. The van der Waals surface area contributed by atoms with Gasteiger partial charge in [0, 0.05) is 24.0 Å². The quantitative estimate of drug-likeness (QED) is 0.865. The van der Waals surface area contributed by atoms with E-state index in [1.54, 1.807) is 11.3 Å². The van der Waals surface area contributed by atoms with E-state index in [1.807, 2.05) is 13.0 Å². The third kappa shape index (κ3) is 4.56. The van der Waals surface area contributed by atoms with Crippen LogP contribution in [0.25, 0.3) is 0 Å². The molecule has 98 valence electrons. The summed E-state index contributed by atoms with van der Waals surface area (Å²) >= 11 is 7.61. The van der Waals surface area contributed by atoms with Gasteiger partial charge in [0.15, 0.2) is 0 Å². The molecule has 0 amide bonds. The molecular weight excluding hydrogens is 254 g/mol. The van der Waals surface area contributed by atoms with Gasteiger partial charge >= 0.3 is 0 Å². The van der Waals surface area contributed by atoms with Crippen LogP contribution in [0.1, 0.15) is 17.8 Å². The van der Waals surface area contributed by atoms with E-state index in [4.69, 9.17) is 17.3 Å². The Hall–Kier alpha value is -0.130. The van der Waals surface area contributed by atoms with Gasteiger partial charge in [0.05, 0.1) is 10.4 Å². The van der Waals surface area contributed by atoms with Gasteiger partial charge in [0.25, 0.3) is 0 Å².